The maximum atomic E-state index is 12.3. The highest BCUT2D eigenvalue weighted by molar-refractivity contribution is 6.02. The normalized spacial score (nSPS) is 46.9. The first-order valence-corrected chi connectivity index (χ1v) is 7.01. The second kappa shape index (κ2) is 3.78. The minimum absolute atomic E-state index is 0.0833. The lowest BCUT2D eigenvalue weighted by Crippen LogP contribution is -2.59. The predicted octanol–water partition coefficient (Wildman–Crippen LogP) is 0.186. The summed E-state index contributed by atoms with van der Waals surface area (Å²) >= 11 is 0. The van der Waals surface area contributed by atoms with E-state index in [-0.39, 0.29) is 30.1 Å². The average molecular weight is 250 g/mol. The highest BCUT2D eigenvalue weighted by Gasteiger charge is 2.50. The van der Waals surface area contributed by atoms with Crippen LogP contribution in [0.5, 0.6) is 0 Å². The molecule has 0 radical (unpaired) electrons. The Hall–Kier alpha value is -0.940. The molecule has 5 nitrogen and oxygen atoms in total. The molecule has 4 rings (SSSR count). The third-order valence-corrected chi connectivity index (χ3v) is 4.86. The molecule has 4 bridgehead atoms. The van der Waals surface area contributed by atoms with E-state index in [9.17, 15) is 9.59 Å². The van der Waals surface area contributed by atoms with Crippen LogP contribution in [0.3, 0.4) is 0 Å². The number of fused-ring (bicyclic) bond motifs is 4. The summed E-state index contributed by atoms with van der Waals surface area (Å²) in [4.78, 5) is 26.1. The molecule has 1 N–H and O–H groups in total. The topological polar surface area (TPSA) is 58.6 Å². The monoisotopic (exact) mass is 250 g/mol. The standard InChI is InChI=1S/C13H18N2O3/c16-12-10-3-4-11(18-10)13(17)15(12)9-5-7-1-2-8(6-9)14-7/h7-11,14H,1-6H2. The van der Waals surface area contributed by atoms with Crippen LogP contribution >= 0.6 is 0 Å². The number of hydrogen-bond acceptors (Lipinski definition) is 4. The Balaban J connectivity index is 1.60. The zero-order valence-corrected chi connectivity index (χ0v) is 10.3. The van der Waals surface area contributed by atoms with Gasteiger partial charge in [0.1, 0.15) is 12.2 Å². The van der Waals surface area contributed by atoms with E-state index < -0.39 is 0 Å². The van der Waals surface area contributed by atoms with Crippen molar-refractivity contribution in [2.24, 2.45) is 0 Å². The zero-order valence-electron chi connectivity index (χ0n) is 10.3. The van der Waals surface area contributed by atoms with Gasteiger partial charge in [-0.05, 0) is 38.5 Å². The summed E-state index contributed by atoms with van der Waals surface area (Å²) in [5.74, 6) is -0.167. The molecule has 4 heterocycles. The summed E-state index contributed by atoms with van der Waals surface area (Å²) in [7, 11) is 0. The van der Waals surface area contributed by atoms with Crippen molar-refractivity contribution in [2.75, 3.05) is 0 Å². The van der Waals surface area contributed by atoms with Gasteiger partial charge in [0.2, 0.25) is 0 Å². The summed E-state index contributed by atoms with van der Waals surface area (Å²) in [6.45, 7) is 0. The summed E-state index contributed by atoms with van der Waals surface area (Å²) in [6, 6.07) is 1.10. The van der Waals surface area contributed by atoms with Crippen LogP contribution in [0, 0.1) is 0 Å². The Kier molecular flexibility index (Phi) is 2.29. The van der Waals surface area contributed by atoms with Crippen molar-refractivity contribution >= 4 is 11.8 Å². The lowest BCUT2D eigenvalue weighted by molar-refractivity contribution is -0.172. The highest BCUT2D eigenvalue weighted by atomic mass is 16.5. The molecule has 98 valence electrons. The van der Waals surface area contributed by atoms with Crippen LogP contribution in [-0.4, -0.2) is 47.0 Å². The van der Waals surface area contributed by atoms with E-state index in [0.717, 1.165) is 12.8 Å². The number of carbonyl (C=O) groups is 2. The van der Waals surface area contributed by atoms with Crippen molar-refractivity contribution in [1.82, 2.24) is 10.2 Å². The van der Waals surface area contributed by atoms with Crippen LogP contribution in [0.2, 0.25) is 0 Å². The van der Waals surface area contributed by atoms with Crippen LogP contribution in [0.25, 0.3) is 0 Å². The van der Waals surface area contributed by atoms with E-state index in [4.69, 9.17) is 4.74 Å². The van der Waals surface area contributed by atoms with Gasteiger partial charge < -0.3 is 10.1 Å². The number of rotatable bonds is 1. The van der Waals surface area contributed by atoms with E-state index in [0.29, 0.717) is 24.9 Å². The lowest BCUT2D eigenvalue weighted by atomic mass is 9.97. The van der Waals surface area contributed by atoms with Gasteiger partial charge in [0.25, 0.3) is 11.8 Å². The van der Waals surface area contributed by atoms with E-state index in [2.05, 4.69) is 5.32 Å². The van der Waals surface area contributed by atoms with Crippen molar-refractivity contribution in [3.05, 3.63) is 0 Å². The largest absolute Gasteiger partial charge is 0.355 e. The molecule has 2 amide bonds. The van der Waals surface area contributed by atoms with Crippen LogP contribution in [-0.2, 0) is 14.3 Å². The van der Waals surface area contributed by atoms with E-state index >= 15 is 0 Å². The zero-order chi connectivity index (χ0) is 12.3. The number of morpholine rings is 1. The van der Waals surface area contributed by atoms with E-state index in [1.165, 1.54) is 12.8 Å². The molecule has 0 aromatic rings. The fourth-order valence-corrected chi connectivity index (χ4v) is 4.02. The van der Waals surface area contributed by atoms with Crippen molar-refractivity contribution < 1.29 is 14.3 Å². The fraction of sp³-hybridized carbons (Fsp3) is 0.846. The molecule has 5 heteroatoms. The van der Waals surface area contributed by atoms with Crippen LogP contribution in [0.1, 0.15) is 38.5 Å². The number of amides is 2. The Morgan fingerprint density at radius 3 is 2.06 bits per heavy atom. The third-order valence-electron chi connectivity index (χ3n) is 4.86. The summed E-state index contributed by atoms with van der Waals surface area (Å²) in [5, 5.41) is 3.55. The molecule has 0 spiro atoms. The first-order chi connectivity index (χ1) is 8.72. The SMILES string of the molecule is O=C1C2CCC(O2)C(=O)N1C1CC2CCC(C1)N2. The molecular formula is C13H18N2O3. The lowest BCUT2D eigenvalue weighted by Gasteiger charge is -2.40. The molecule has 4 unspecified atom stereocenters. The predicted molar refractivity (Wildman–Crippen MR) is 62.7 cm³/mol. The number of imide groups is 1. The summed E-state index contributed by atoms with van der Waals surface area (Å²) < 4.78 is 5.46. The number of ether oxygens (including phenoxy) is 1. The molecular weight excluding hydrogens is 232 g/mol. The smallest absolute Gasteiger partial charge is 0.258 e. The van der Waals surface area contributed by atoms with Crippen molar-refractivity contribution in [2.45, 2.75) is 68.9 Å². The second-order valence-corrected chi connectivity index (χ2v) is 6.00. The molecule has 0 saturated carbocycles. The Labute approximate surface area is 106 Å². The number of nitrogens with zero attached hydrogens (tertiary/aromatic N) is 1. The number of hydrogen-bond donors (Lipinski definition) is 1. The van der Waals surface area contributed by atoms with Crippen molar-refractivity contribution in [3.63, 3.8) is 0 Å². The van der Waals surface area contributed by atoms with Gasteiger partial charge in [-0.2, -0.15) is 0 Å². The van der Waals surface area contributed by atoms with Gasteiger partial charge in [0.05, 0.1) is 0 Å². The third kappa shape index (κ3) is 1.47. The number of nitrogens with one attached hydrogen (secondary N) is 1. The van der Waals surface area contributed by atoms with Crippen LogP contribution < -0.4 is 5.32 Å². The van der Waals surface area contributed by atoms with Crippen LogP contribution in [0.15, 0.2) is 0 Å². The van der Waals surface area contributed by atoms with Gasteiger partial charge in [-0.3, -0.25) is 14.5 Å². The molecule has 0 aliphatic carbocycles. The van der Waals surface area contributed by atoms with E-state index in [1.807, 2.05) is 0 Å². The maximum absolute atomic E-state index is 12.3. The minimum Gasteiger partial charge on any atom is -0.355 e. The average Bonchev–Trinajstić information content (AvgIpc) is 2.93. The minimum atomic E-state index is -0.347. The highest BCUT2D eigenvalue weighted by Crippen LogP contribution is 2.35. The summed E-state index contributed by atoms with van der Waals surface area (Å²) in [6.07, 6.45) is 4.94. The molecule has 4 aliphatic heterocycles. The molecule has 4 atom stereocenters. The molecule has 4 saturated heterocycles. The molecule has 0 aromatic heterocycles. The molecule has 4 fully saturated rings. The summed E-state index contributed by atoms with van der Waals surface area (Å²) in [5.41, 5.74) is 0. The second-order valence-electron chi connectivity index (χ2n) is 6.00. The van der Waals surface area contributed by atoms with Gasteiger partial charge in [-0.15, -0.1) is 0 Å². The Morgan fingerprint density at radius 2 is 1.50 bits per heavy atom. The van der Waals surface area contributed by atoms with Gasteiger partial charge in [0.15, 0.2) is 0 Å². The number of carbonyl (C=O) groups excluding carboxylic acids is 2. The van der Waals surface area contributed by atoms with Gasteiger partial charge in [-0.1, -0.05) is 0 Å². The Bertz CT molecular complexity index is 377. The van der Waals surface area contributed by atoms with Crippen molar-refractivity contribution in [3.8, 4) is 0 Å². The molecule has 0 aromatic carbocycles. The fourth-order valence-electron chi connectivity index (χ4n) is 4.02. The number of piperidine rings is 1. The number of likely N-dealkylation sites (tertiary alicyclic amines) is 1. The Morgan fingerprint density at radius 1 is 0.944 bits per heavy atom. The van der Waals surface area contributed by atoms with Gasteiger partial charge >= 0.3 is 0 Å². The first-order valence-electron chi connectivity index (χ1n) is 7.01. The quantitative estimate of drug-likeness (QED) is 0.675. The molecule has 18 heavy (non-hydrogen) atoms. The first kappa shape index (κ1) is 10.9. The van der Waals surface area contributed by atoms with Crippen molar-refractivity contribution in [1.29, 1.82) is 0 Å². The van der Waals surface area contributed by atoms with E-state index in [1.54, 1.807) is 4.90 Å². The van der Waals surface area contributed by atoms with Gasteiger partial charge in [-0.25, -0.2) is 0 Å². The maximum Gasteiger partial charge on any atom is 0.258 e. The van der Waals surface area contributed by atoms with Gasteiger partial charge in [0, 0.05) is 18.1 Å². The molecule has 4 aliphatic rings. The van der Waals surface area contributed by atoms with Crippen LogP contribution in [0.4, 0.5) is 0 Å².